The summed E-state index contributed by atoms with van der Waals surface area (Å²) < 4.78 is 5.75. The fourth-order valence-corrected chi connectivity index (χ4v) is 2.13. The molecule has 0 saturated heterocycles. The highest BCUT2D eigenvalue weighted by Gasteiger charge is 2.10. The van der Waals surface area contributed by atoms with Crippen molar-refractivity contribution in [2.45, 2.75) is 20.3 Å². The SMILES string of the molecule is CC.CN(C)CCc1ccc2oc(-c3cccc(N)c3)nc2n1. The summed E-state index contributed by atoms with van der Waals surface area (Å²) >= 11 is 0. The Morgan fingerprint density at radius 3 is 2.57 bits per heavy atom. The maximum absolute atomic E-state index is 5.79. The van der Waals surface area contributed by atoms with Gasteiger partial charge in [-0.15, -0.1) is 0 Å². The van der Waals surface area contributed by atoms with E-state index in [-0.39, 0.29) is 0 Å². The summed E-state index contributed by atoms with van der Waals surface area (Å²) in [6.07, 6.45) is 0.892. The number of nitrogens with zero attached hydrogens (tertiary/aromatic N) is 3. The number of pyridine rings is 1. The van der Waals surface area contributed by atoms with E-state index in [9.17, 15) is 0 Å². The zero-order chi connectivity index (χ0) is 16.8. The first-order valence-corrected chi connectivity index (χ1v) is 7.89. The predicted molar refractivity (Wildman–Crippen MR) is 95.3 cm³/mol. The van der Waals surface area contributed by atoms with E-state index in [1.165, 1.54) is 0 Å². The van der Waals surface area contributed by atoms with E-state index in [1.54, 1.807) is 0 Å². The molecule has 0 aliphatic rings. The number of anilines is 1. The Labute approximate surface area is 137 Å². The molecule has 122 valence electrons. The maximum Gasteiger partial charge on any atom is 0.228 e. The number of benzene rings is 1. The van der Waals surface area contributed by atoms with Crippen LogP contribution in [0.1, 0.15) is 19.5 Å². The molecule has 3 aromatic rings. The first-order valence-electron chi connectivity index (χ1n) is 7.89. The molecule has 1 aromatic carbocycles. The van der Waals surface area contributed by atoms with Crippen LogP contribution in [-0.2, 0) is 6.42 Å². The molecule has 3 rings (SSSR count). The van der Waals surface area contributed by atoms with Gasteiger partial charge in [0, 0.05) is 29.9 Å². The molecule has 5 heteroatoms. The minimum absolute atomic E-state index is 0.551. The van der Waals surface area contributed by atoms with Crippen LogP contribution in [0.15, 0.2) is 40.8 Å². The minimum Gasteiger partial charge on any atom is -0.434 e. The van der Waals surface area contributed by atoms with Gasteiger partial charge in [0.25, 0.3) is 0 Å². The smallest absolute Gasteiger partial charge is 0.228 e. The molecule has 0 bridgehead atoms. The summed E-state index contributed by atoms with van der Waals surface area (Å²) in [5.74, 6) is 0.551. The van der Waals surface area contributed by atoms with Crippen molar-refractivity contribution >= 4 is 16.9 Å². The van der Waals surface area contributed by atoms with Crippen molar-refractivity contribution in [2.24, 2.45) is 0 Å². The zero-order valence-electron chi connectivity index (χ0n) is 14.2. The van der Waals surface area contributed by atoms with Crippen LogP contribution >= 0.6 is 0 Å². The van der Waals surface area contributed by atoms with Crippen LogP contribution in [0.3, 0.4) is 0 Å². The number of likely N-dealkylation sites (N-methyl/N-ethyl adjacent to an activating group) is 1. The number of nitrogens with two attached hydrogens (primary N) is 1. The number of rotatable bonds is 4. The van der Waals surface area contributed by atoms with E-state index in [2.05, 4.69) is 14.9 Å². The van der Waals surface area contributed by atoms with Gasteiger partial charge in [-0.3, -0.25) is 0 Å². The van der Waals surface area contributed by atoms with Gasteiger partial charge in [-0.25, -0.2) is 4.98 Å². The van der Waals surface area contributed by atoms with Gasteiger partial charge in [-0.2, -0.15) is 4.98 Å². The fraction of sp³-hybridized carbons (Fsp3) is 0.333. The lowest BCUT2D eigenvalue weighted by atomic mass is 10.2. The molecule has 0 aliphatic carbocycles. The second-order valence-corrected chi connectivity index (χ2v) is 5.32. The quantitative estimate of drug-likeness (QED) is 0.745. The third kappa shape index (κ3) is 4.29. The summed E-state index contributed by atoms with van der Waals surface area (Å²) in [7, 11) is 4.10. The van der Waals surface area contributed by atoms with Crippen molar-refractivity contribution in [3.05, 3.63) is 42.1 Å². The molecule has 0 amide bonds. The van der Waals surface area contributed by atoms with E-state index < -0.39 is 0 Å². The van der Waals surface area contributed by atoms with Crippen LogP contribution in [0.2, 0.25) is 0 Å². The van der Waals surface area contributed by atoms with Crippen LogP contribution in [-0.4, -0.2) is 35.5 Å². The number of aromatic nitrogens is 2. The minimum atomic E-state index is 0.551. The van der Waals surface area contributed by atoms with Crippen molar-refractivity contribution in [1.29, 1.82) is 0 Å². The van der Waals surface area contributed by atoms with Crippen molar-refractivity contribution in [3.8, 4) is 11.5 Å². The summed E-state index contributed by atoms with van der Waals surface area (Å²) in [5.41, 5.74) is 9.70. The highest BCUT2D eigenvalue weighted by atomic mass is 16.3. The van der Waals surface area contributed by atoms with Gasteiger partial charge in [0.2, 0.25) is 5.89 Å². The number of hydrogen-bond donors (Lipinski definition) is 1. The second kappa shape index (κ2) is 7.74. The molecule has 0 atom stereocenters. The van der Waals surface area contributed by atoms with E-state index in [1.807, 2.05) is 64.3 Å². The summed E-state index contributed by atoms with van der Waals surface area (Å²) in [4.78, 5) is 11.1. The molecule has 2 aromatic heterocycles. The Morgan fingerprint density at radius 2 is 1.87 bits per heavy atom. The summed E-state index contributed by atoms with van der Waals surface area (Å²) in [6.45, 7) is 4.96. The predicted octanol–water partition coefficient (Wildman–Crippen LogP) is 3.60. The molecule has 0 radical (unpaired) electrons. The molecule has 0 saturated carbocycles. The zero-order valence-corrected chi connectivity index (χ0v) is 14.2. The lowest BCUT2D eigenvalue weighted by Gasteiger charge is -2.07. The largest absolute Gasteiger partial charge is 0.434 e. The van der Waals surface area contributed by atoms with Crippen LogP contribution in [0.5, 0.6) is 0 Å². The third-order valence-corrected chi connectivity index (χ3v) is 3.26. The van der Waals surface area contributed by atoms with Crippen LogP contribution in [0, 0.1) is 0 Å². The maximum atomic E-state index is 5.79. The number of hydrogen-bond acceptors (Lipinski definition) is 5. The molecule has 2 N–H and O–H groups in total. The Morgan fingerprint density at radius 1 is 1.09 bits per heavy atom. The summed E-state index contributed by atoms with van der Waals surface area (Å²) in [5, 5.41) is 0. The van der Waals surface area contributed by atoms with Crippen LogP contribution < -0.4 is 5.73 Å². The second-order valence-electron chi connectivity index (χ2n) is 5.32. The van der Waals surface area contributed by atoms with E-state index >= 15 is 0 Å². The molecule has 0 fully saturated rings. The van der Waals surface area contributed by atoms with Gasteiger partial charge in [0.15, 0.2) is 11.2 Å². The molecule has 5 nitrogen and oxygen atoms in total. The average molecular weight is 312 g/mol. The Balaban J connectivity index is 0.000000924. The van der Waals surface area contributed by atoms with Crippen LogP contribution in [0.4, 0.5) is 5.69 Å². The van der Waals surface area contributed by atoms with Gasteiger partial charge < -0.3 is 15.1 Å². The number of nitrogen functional groups attached to an aromatic ring is 1. The lowest BCUT2D eigenvalue weighted by molar-refractivity contribution is 0.412. The number of oxazole rings is 1. The normalized spacial score (nSPS) is 10.7. The lowest BCUT2D eigenvalue weighted by Crippen LogP contribution is -2.15. The molecular formula is C18H24N4O. The van der Waals surface area contributed by atoms with Crippen molar-refractivity contribution < 1.29 is 4.42 Å². The third-order valence-electron chi connectivity index (χ3n) is 3.26. The van der Waals surface area contributed by atoms with Gasteiger partial charge in [0.1, 0.15) is 0 Å². The summed E-state index contributed by atoms with van der Waals surface area (Å²) in [6, 6.07) is 11.4. The van der Waals surface area contributed by atoms with Crippen molar-refractivity contribution in [2.75, 3.05) is 26.4 Å². The van der Waals surface area contributed by atoms with Gasteiger partial charge in [0.05, 0.1) is 0 Å². The molecule has 0 aliphatic heterocycles. The Hall–Kier alpha value is -2.40. The highest BCUT2D eigenvalue weighted by Crippen LogP contribution is 2.24. The van der Waals surface area contributed by atoms with E-state index in [0.29, 0.717) is 22.8 Å². The standard InChI is InChI=1S/C16H18N4O.C2H6/c1-20(2)9-8-13-6-7-14-15(18-13)19-16(21-14)11-4-3-5-12(17)10-11;1-2/h3-7,10H,8-9,17H2,1-2H3;1-2H3. The molecule has 2 heterocycles. The molecule has 0 unspecified atom stereocenters. The van der Waals surface area contributed by atoms with Crippen molar-refractivity contribution in [3.63, 3.8) is 0 Å². The first kappa shape index (κ1) is 17.0. The van der Waals surface area contributed by atoms with E-state index in [0.717, 1.165) is 24.2 Å². The topological polar surface area (TPSA) is 68.2 Å². The van der Waals surface area contributed by atoms with Gasteiger partial charge in [-0.05, 0) is 44.4 Å². The first-order chi connectivity index (χ1) is 11.1. The fourth-order valence-electron chi connectivity index (χ4n) is 2.13. The monoisotopic (exact) mass is 312 g/mol. The van der Waals surface area contributed by atoms with Gasteiger partial charge >= 0.3 is 0 Å². The van der Waals surface area contributed by atoms with Crippen molar-refractivity contribution in [1.82, 2.24) is 14.9 Å². The van der Waals surface area contributed by atoms with E-state index in [4.69, 9.17) is 10.2 Å². The Kier molecular flexibility index (Phi) is 5.71. The van der Waals surface area contributed by atoms with Crippen LogP contribution in [0.25, 0.3) is 22.7 Å². The Bertz CT molecular complexity index is 765. The number of fused-ring (bicyclic) bond motifs is 1. The molecule has 23 heavy (non-hydrogen) atoms. The van der Waals surface area contributed by atoms with Gasteiger partial charge in [-0.1, -0.05) is 19.9 Å². The average Bonchev–Trinajstić information content (AvgIpc) is 2.98. The molecule has 0 spiro atoms. The molecular weight excluding hydrogens is 288 g/mol. The highest BCUT2D eigenvalue weighted by molar-refractivity contribution is 5.73.